The van der Waals surface area contributed by atoms with Gasteiger partial charge in [-0.2, -0.15) is 5.26 Å². The van der Waals surface area contributed by atoms with Crippen molar-refractivity contribution in [2.45, 2.75) is 38.6 Å². The number of nitrogens with zero attached hydrogens (tertiary/aromatic N) is 2. The van der Waals surface area contributed by atoms with Crippen LogP contribution in [0.2, 0.25) is 0 Å². The Labute approximate surface area is 103 Å². The molecule has 3 heteroatoms. The van der Waals surface area contributed by atoms with Gasteiger partial charge in [0.15, 0.2) is 0 Å². The van der Waals surface area contributed by atoms with E-state index in [0.29, 0.717) is 17.3 Å². The van der Waals surface area contributed by atoms with Crippen molar-refractivity contribution in [3.05, 3.63) is 23.8 Å². The number of nitrogen functional groups attached to an aromatic ring is 1. The molecular formula is C14H19N3. The van der Waals surface area contributed by atoms with Gasteiger partial charge in [-0.05, 0) is 31.9 Å². The van der Waals surface area contributed by atoms with Gasteiger partial charge in [0.2, 0.25) is 0 Å². The van der Waals surface area contributed by atoms with Gasteiger partial charge in [0.1, 0.15) is 6.07 Å². The number of nitriles is 1. The Bertz CT molecular complexity index is 434. The summed E-state index contributed by atoms with van der Waals surface area (Å²) in [5.41, 5.74) is 8.31. The van der Waals surface area contributed by atoms with Crippen molar-refractivity contribution in [3.63, 3.8) is 0 Å². The highest BCUT2D eigenvalue weighted by Crippen LogP contribution is 2.30. The maximum atomic E-state index is 9.01. The Morgan fingerprint density at radius 3 is 2.94 bits per heavy atom. The van der Waals surface area contributed by atoms with Gasteiger partial charge in [-0.25, -0.2) is 0 Å². The Morgan fingerprint density at radius 2 is 2.18 bits per heavy atom. The van der Waals surface area contributed by atoms with E-state index in [1.165, 1.54) is 25.7 Å². The van der Waals surface area contributed by atoms with Crippen LogP contribution in [-0.4, -0.2) is 12.6 Å². The lowest BCUT2D eigenvalue weighted by atomic mass is 10.1. The number of para-hydroxylation sites is 1. The van der Waals surface area contributed by atoms with Crippen LogP contribution < -0.4 is 10.6 Å². The zero-order valence-electron chi connectivity index (χ0n) is 10.3. The van der Waals surface area contributed by atoms with Gasteiger partial charge in [-0.3, -0.25) is 0 Å². The van der Waals surface area contributed by atoms with E-state index in [1.54, 1.807) is 6.07 Å². The summed E-state index contributed by atoms with van der Waals surface area (Å²) in [5, 5.41) is 9.01. The highest BCUT2D eigenvalue weighted by atomic mass is 15.2. The number of benzene rings is 1. The molecule has 0 radical (unpaired) electrons. The van der Waals surface area contributed by atoms with E-state index in [2.05, 4.69) is 17.9 Å². The molecule has 1 fully saturated rings. The minimum absolute atomic E-state index is 0.508. The molecule has 0 amide bonds. The Balaban J connectivity index is 2.35. The summed E-state index contributed by atoms with van der Waals surface area (Å²) in [7, 11) is 0. The Morgan fingerprint density at radius 1 is 1.35 bits per heavy atom. The van der Waals surface area contributed by atoms with Crippen molar-refractivity contribution in [2.24, 2.45) is 0 Å². The fourth-order valence-corrected chi connectivity index (χ4v) is 2.53. The van der Waals surface area contributed by atoms with Crippen LogP contribution in [0.3, 0.4) is 0 Å². The highest BCUT2D eigenvalue weighted by molar-refractivity contribution is 5.74. The van der Waals surface area contributed by atoms with E-state index in [1.807, 2.05) is 12.1 Å². The third kappa shape index (κ3) is 2.36. The molecule has 1 heterocycles. The molecule has 3 nitrogen and oxygen atoms in total. The number of hydrogen-bond acceptors (Lipinski definition) is 3. The summed E-state index contributed by atoms with van der Waals surface area (Å²) in [4.78, 5) is 2.35. The summed E-state index contributed by atoms with van der Waals surface area (Å²) in [6.45, 7) is 3.28. The summed E-state index contributed by atoms with van der Waals surface area (Å²) in [6, 6.07) is 8.39. The molecule has 17 heavy (non-hydrogen) atoms. The average Bonchev–Trinajstić information content (AvgIpc) is 2.55. The molecule has 2 rings (SSSR count). The molecule has 1 aliphatic rings. The average molecular weight is 229 g/mol. The second kappa shape index (κ2) is 5.09. The van der Waals surface area contributed by atoms with Crippen molar-refractivity contribution < 1.29 is 0 Å². The molecule has 1 aliphatic heterocycles. The van der Waals surface area contributed by atoms with Gasteiger partial charge in [-0.1, -0.05) is 18.9 Å². The monoisotopic (exact) mass is 229 g/mol. The lowest BCUT2D eigenvalue weighted by Gasteiger charge is -2.30. The van der Waals surface area contributed by atoms with Crippen LogP contribution in [-0.2, 0) is 0 Å². The topological polar surface area (TPSA) is 53.0 Å². The number of nitrogens with two attached hydrogens (primary N) is 1. The Hall–Kier alpha value is -1.69. The van der Waals surface area contributed by atoms with Crippen LogP contribution in [0.15, 0.2) is 18.2 Å². The summed E-state index contributed by atoms with van der Waals surface area (Å²) >= 11 is 0. The van der Waals surface area contributed by atoms with Crippen LogP contribution in [0.25, 0.3) is 0 Å². The third-order valence-electron chi connectivity index (χ3n) is 3.57. The first-order valence-corrected chi connectivity index (χ1v) is 6.29. The smallest absolute Gasteiger partial charge is 0.101 e. The first-order valence-electron chi connectivity index (χ1n) is 6.29. The molecule has 0 aromatic heterocycles. The molecule has 1 unspecified atom stereocenters. The van der Waals surface area contributed by atoms with Crippen LogP contribution in [0.1, 0.15) is 38.2 Å². The number of anilines is 2. The van der Waals surface area contributed by atoms with Crippen molar-refractivity contribution in [3.8, 4) is 6.07 Å². The Kier molecular flexibility index (Phi) is 3.53. The van der Waals surface area contributed by atoms with Gasteiger partial charge >= 0.3 is 0 Å². The normalized spacial score (nSPS) is 20.7. The van der Waals surface area contributed by atoms with E-state index in [-0.39, 0.29) is 0 Å². The molecule has 0 bridgehead atoms. The predicted octanol–water partition coefficient (Wildman–Crippen LogP) is 2.91. The molecular weight excluding hydrogens is 210 g/mol. The van der Waals surface area contributed by atoms with Gasteiger partial charge in [-0.15, -0.1) is 0 Å². The van der Waals surface area contributed by atoms with Crippen molar-refractivity contribution in [1.82, 2.24) is 0 Å². The fraction of sp³-hybridized carbons (Fsp3) is 0.500. The van der Waals surface area contributed by atoms with Gasteiger partial charge < -0.3 is 10.6 Å². The molecule has 0 saturated carbocycles. The molecule has 90 valence electrons. The SMILES string of the molecule is CC1CCCCCN1c1cccc(C#N)c1N. The fourth-order valence-electron chi connectivity index (χ4n) is 2.53. The van der Waals surface area contributed by atoms with Crippen LogP contribution >= 0.6 is 0 Å². The van der Waals surface area contributed by atoms with Gasteiger partial charge in [0.05, 0.1) is 16.9 Å². The van der Waals surface area contributed by atoms with E-state index in [9.17, 15) is 0 Å². The van der Waals surface area contributed by atoms with Crippen molar-refractivity contribution in [1.29, 1.82) is 5.26 Å². The first-order chi connectivity index (χ1) is 8.24. The summed E-state index contributed by atoms with van der Waals surface area (Å²) in [6.07, 6.45) is 4.99. The molecule has 0 spiro atoms. The molecule has 1 atom stereocenters. The van der Waals surface area contributed by atoms with Crippen molar-refractivity contribution in [2.75, 3.05) is 17.2 Å². The van der Waals surface area contributed by atoms with E-state index < -0.39 is 0 Å². The molecule has 1 aromatic carbocycles. The van der Waals surface area contributed by atoms with E-state index in [0.717, 1.165) is 12.2 Å². The van der Waals surface area contributed by atoms with Gasteiger partial charge in [0.25, 0.3) is 0 Å². The summed E-state index contributed by atoms with van der Waals surface area (Å²) in [5.74, 6) is 0. The van der Waals surface area contributed by atoms with Crippen molar-refractivity contribution >= 4 is 11.4 Å². The van der Waals surface area contributed by atoms with E-state index >= 15 is 0 Å². The van der Waals surface area contributed by atoms with Crippen LogP contribution in [0, 0.1) is 11.3 Å². The molecule has 1 aromatic rings. The van der Waals surface area contributed by atoms with E-state index in [4.69, 9.17) is 11.0 Å². The minimum Gasteiger partial charge on any atom is -0.396 e. The first kappa shape index (κ1) is 11.8. The maximum absolute atomic E-state index is 9.01. The maximum Gasteiger partial charge on any atom is 0.101 e. The number of hydrogen-bond donors (Lipinski definition) is 1. The van der Waals surface area contributed by atoms with Gasteiger partial charge in [0, 0.05) is 12.6 Å². The van der Waals surface area contributed by atoms with Crippen LogP contribution in [0.5, 0.6) is 0 Å². The van der Waals surface area contributed by atoms with Crippen LogP contribution in [0.4, 0.5) is 11.4 Å². The predicted molar refractivity (Wildman–Crippen MR) is 70.8 cm³/mol. The second-order valence-corrected chi connectivity index (χ2v) is 4.74. The quantitative estimate of drug-likeness (QED) is 0.753. The zero-order valence-corrected chi connectivity index (χ0v) is 10.3. The summed E-state index contributed by atoms with van der Waals surface area (Å²) < 4.78 is 0. The third-order valence-corrected chi connectivity index (χ3v) is 3.57. The highest BCUT2D eigenvalue weighted by Gasteiger charge is 2.19. The second-order valence-electron chi connectivity index (χ2n) is 4.74. The molecule has 2 N–H and O–H groups in total. The zero-order chi connectivity index (χ0) is 12.3. The molecule has 1 saturated heterocycles. The minimum atomic E-state index is 0.508. The lowest BCUT2D eigenvalue weighted by Crippen LogP contribution is -2.33. The standard InChI is InChI=1S/C14H19N3/c1-11-6-3-2-4-9-17(11)13-8-5-7-12(10-15)14(13)16/h5,7-8,11H,2-4,6,9,16H2,1H3. The number of rotatable bonds is 1. The lowest BCUT2D eigenvalue weighted by molar-refractivity contribution is 0.616. The largest absolute Gasteiger partial charge is 0.396 e. The molecule has 0 aliphatic carbocycles.